The highest BCUT2D eigenvalue weighted by molar-refractivity contribution is 6.28. The number of aromatic nitrogens is 2. The highest BCUT2D eigenvalue weighted by atomic mass is 35.5. The Morgan fingerprint density at radius 2 is 1.81 bits per heavy atom. The summed E-state index contributed by atoms with van der Waals surface area (Å²) in [4.78, 5) is 8.20. The van der Waals surface area contributed by atoms with Gasteiger partial charge in [-0.25, -0.2) is 9.97 Å². The van der Waals surface area contributed by atoms with Crippen LogP contribution in [0.2, 0.25) is 5.28 Å². The van der Waals surface area contributed by atoms with Crippen molar-refractivity contribution in [1.29, 1.82) is 0 Å². The van der Waals surface area contributed by atoms with Crippen molar-refractivity contribution in [3.8, 4) is 5.75 Å². The molecule has 1 aromatic heterocycles. The van der Waals surface area contributed by atoms with Gasteiger partial charge in [0.15, 0.2) is 0 Å². The third-order valence-corrected chi connectivity index (χ3v) is 3.80. The first-order valence-corrected chi connectivity index (χ1v) is 8.37. The van der Waals surface area contributed by atoms with Crippen molar-refractivity contribution in [2.45, 2.75) is 45.3 Å². The third kappa shape index (κ3) is 5.20. The summed E-state index contributed by atoms with van der Waals surface area (Å²) < 4.78 is 54.3. The number of ether oxygens (including phenoxy) is 1. The molecule has 2 aromatic rings. The fourth-order valence-electron chi connectivity index (χ4n) is 2.29. The van der Waals surface area contributed by atoms with E-state index in [1.807, 2.05) is 13.8 Å². The molecular formula is C17H18ClF4N3O. The van der Waals surface area contributed by atoms with Gasteiger partial charge in [-0.2, -0.15) is 17.6 Å². The van der Waals surface area contributed by atoms with Gasteiger partial charge in [0.2, 0.25) is 5.28 Å². The van der Waals surface area contributed by atoms with E-state index in [1.165, 1.54) is 24.3 Å². The number of aryl methyl sites for hydroxylation is 1. The lowest BCUT2D eigenvalue weighted by Gasteiger charge is -2.20. The van der Waals surface area contributed by atoms with Gasteiger partial charge in [-0.1, -0.05) is 26.0 Å². The molecule has 0 saturated heterocycles. The summed E-state index contributed by atoms with van der Waals surface area (Å²) >= 11 is 5.90. The quantitative estimate of drug-likeness (QED) is 0.477. The molecule has 1 unspecified atom stereocenters. The second kappa shape index (κ2) is 8.53. The van der Waals surface area contributed by atoms with Crippen LogP contribution in [0.3, 0.4) is 0 Å². The Kier molecular flexibility index (Phi) is 6.63. The van der Waals surface area contributed by atoms with Gasteiger partial charge in [-0.3, -0.25) is 0 Å². The van der Waals surface area contributed by atoms with Crippen molar-refractivity contribution in [3.05, 3.63) is 46.9 Å². The first kappa shape index (κ1) is 20.2. The molecule has 1 N–H and O–H groups in total. The topological polar surface area (TPSA) is 47.0 Å². The van der Waals surface area contributed by atoms with E-state index >= 15 is 0 Å². The first-order chi connectivity index (χ1) is 12.2. The second-order valence-corrected chi connectivity index (χ2v) is 5.84. The summed E-state index contributed by atoms with van der Waals surface area (Å²) in [6.07, 6.45) is -7.07. The number of hydrogen-bond acceptors (Lipinski definition) is 4. The van der Waals surface area contributed by atoms with Crippen molar-refractivity contribution >= 4 is 17.4 Å². The molecule has 0 spiro atoms. The van der Waals surface area contributed by atoms with E-state index in [1.54, 1.807) is 6.07 Å². The minimum absolute atomic E-state index is 0.125. The Morgan fingerprint density at radius 3 is 2.35 bits per heavy atom. The SMILES string of the molecule is CCc1cc(NC(CC)c2ccc(OC(F)(F)C(F)F)cc2)nc(Cl)n1. The molecular weight excluding hydrogens is 374 g/mol. The molecule has 1 atom stereocenters. The highest BCUT2D eigenvalue weighted by Gasteiger charge is 2.43. The molecule has 2 rings (SSSR count). The standard InChI is InChI=1S/C17H18ClF4N3O/c1-3-11-9-14(25-16(18)23-11)24-13(4-2)10-5-7-12(8-6-10)26-17(21,22)15(19)20/h5-9,13,15H,3-4H2,1-2H3,(H,23,24,25). The Bertz CT molecular complexity index is 728. The van der Waals surface area contributed by atoms with Crippen LogP contribution in [-0.2, 0) is 6.42 Å². The summed E-state index contributed by atoms with van der Waals surface area (Å²) in [7, 11) is 0. The number of anilines is 1. The summed E-state index contributed by atoms with van der Waals surface area (Å²) in [5.74, 6) is 0.200. The Morgan fingerprint density at radius 1 is 1.15 bits per heavy atom. The number of rotatable bonds is 8. The van der Waals surface area contributed by atoms with Gasteiger partial charge in [0.1, 0.15) is 11.6 Å². The van der Waals surface area contributed by atoms with E-state index in [4.69, 9.17) is 11.6 Å². The van der Waals surface area contributed by atoms with Crippen molar-refractivity contribution in [2.75, 3.05) is 5.32 Å². The molecule has 26 heavy (non-hydrogen) atoms. The molecule has 0 bridgehead atoms. The number of alkyl halides is 4. The third-order valence-electron chi connectivity index (χ3n) is 3.63. The number of nitrogens with one attached hydrogen (secondary N) is 1. The van der Waals surface area contributed by atoms with Crippen molar-refractivity contribution in [1.82, 2.24) is 9.97 Å². The lowest BCUT2D eigenvalue weighted by Crippen LogP contribution is -2.33. The van der Waals surface area contributed by atoms with Crippen LogP contribution in [-0.4, -0.2) is 22.5 Å². The van der Waals surface area contributed by atoms with E-state index in [0.29, 0.717) is 18.7 Å². The van der Waals surface area contributed by atoms with Crippen LogP contribution in [0, 0.1) is 0 Å². The lowest BCUT2D eigenvalue weighted by atomic mass is 10.0. The van der Waals surface area contributed by atoms with Gasteiger partial charge in [0, 0.05) is 11.8 Å². The Hall–Kier alpha value is -2.09. The van der Waals surface area contributed by atoms with Crippen LogP contribution in [0.25, 0.3) is 0 Å². The average molecular weight is 392 g/mol. The number of benzene rings is 1. The molecule has 0 radical (unpaired) electrons. The van der Waals surface area contributed by atoms with Gasteiger partial charge in [0.25, 0.3) is 0 Å². The molecule has 0 fully saturated rings. The first-order valence-electron chi connectivity index (χ1n) is 8.00. The zero-order valence-corrected chi connectivity index (χ0v) is 14.9. The summed E-state index contributed by atoms with van der Waals surface area (Å²) in [6, 6.07) is 7.09. The second-order valence-electron chi connectivity index (χ2n) is 5.51. The molecule has 0 amide bonds. The predicted octanol–water partition coefficient (Wildman–Crippen LogP) is 5.49. The Balaban J connectivity index is 2.14. The van der Waals surface area contributed by atoms with E-state index in [0.717, 1.165) is 11.3 Å². The monoisotopic (exact) mass is 391 g/mol. The summed E-state index contributed by atoms with van der Waals surface area (Å²) in [5, 5.41) is 3.33. The summed E-state index contributed by atoms with van der Waals surface area (Å²) in [6.45, 7) is 3.87. The normalized spacial score (nSPS) is 12.9. The van der Waals surface area contributed by atoms with E-state index in [9.17, 15) is 17.6 Å². The van der Waals surface area contributed by atoms with Crippen molar-refractivity contribution in [2.24, 2.45) is 0 Å². The minimum atomic E-state index is -4.53. The van der Waals surface area contributed by atoms with E-state index < -0.39 is 12.5 Å². The predicted molar refractivity (Wildman–Crippen MR) is 91.1 cm³/mol. The molecule has 9 heteroatoms. The molecule has 1 aromatic carbocycles. The Labute approximate surface area is 153 Å². The number of nitrogens with zero attached hydrogens (tertiary/aromatic N) is 2. The van der Waals surface area contributed by atoms with Crippen molar-refractivity contribution in [3.63, 3.8) is 0 Å². The highest BCUT2D eigenvalue weighted by Crippen LogP contribution is 2.29. The maximum Gasteiger partial charge on any atom is 0.461 e. The zero-order chi connectivity index (χ0) is 19.3. The zero-order valence-electron chi connectivity index (χ0n) is 14.1. The average Bonchev–Trinajstić information content (AvgIpc) is 2.59. The lowest BCUT2D eigenvalue weighted by molar-refractivity contribution is -0.253. The maximum absolute atomic E-state index is 12.9. The van der Waals surface area contributed by atoms with Gasteiger partial charge in [-0.05, 0) is 42.1 Å². The number of hydrogen-bond donors (Lipinski definition) is 1. The molecule has 0 aliphatic rings. The number of halogens is 5. The van der Waals surface area contributed by atoms with Crippen LogP contribution < -0.4 is 10.1 Å². The van der Waals surface area contributed by atoms with Crippen LogP contribution in [0.1, 0.15) is 37.6 Å². The van der Waals surface area contributed by atoms with Gasteiger partial charge in [0.05, 0.1) is 6.04 Å². The molecule has 0 aliphatic heterocycles. The van der Waals surface area contributed by atoms with Gasteiger partial charge >= 0.3 is 12.5 Å². The van der Waals surface area contributed by atoms with E-state index in [2.05, 4.69) is 20.0 Å². The fourth-order valence-corrected chi connectivity index (χ4v) is 2.49. The van der Waals surface area contributed by atoms with Gasteiger partial charge < -0.3 is 10.1 Å². The smallest absolute Gasteiger partial charge is 0.428 e. The molecule has 4 nitrogen and oxygen atoms in total. The largest absolute Gasteiger partial charge is 0.461 e. The molecule has 0 saturated carbocycles. The van der Waals surface area contributed by atoms with Crippen LogP contribution >= 0.6 is 11.6 Å². The van der Waals surface area contributed by atoms with Crippen LogP contribution in [0.5, 0.6) is 5.75 Å². The van der Waals surface area contributed by atoms with Crippen LogP contribution in [0.4, 0.5) is 23.4 Å². The van der Waals surface area contributed by atoms with E-state index in [-0.39, 0.29) is 17.1 Å². The van der Waals surface area contributed by atoms with Gasteiger partial charge in [-0.15, -0.1) is 0 Å². The molecule has 0 aliphatic carbocycles. The maximum atomic E-state index is 12.9. The van der Waals surface area contributed by atoms with Crippen molar-refractivity contribution < 1.29 is 22.3 Å². The minimum Gasteiger partial charge on any atom is -0.428 e. The van der Waals surface area contributed by atoms with Crippen LogP contribution in [0.15, 0.2) is 30.3 Å². The summed E-state index contributed by atoms with van der Waals surface area (Å²) in [5.41, 5.74) is 1.54. The molecule has 142 valence electrons. The fraction of sp³-hybridized carbons (Fsp3) is 0.412. The molecule has 1 heterocycles.